The second-order valence-electron chi connectivity index (χ2n) is 16.7. The molecule has 2 bridgehead atoms. The Morgan fingerprint density at radius 2 is 1.93 bits per heavy atom. The molecule has 13 nitrogen and oxygen atoms in total. The topological polar surface area (TPSA) is 138 Å². The van der Waals surface area contributed by atoms with Gasteiger partial charge in [-0.25, -0.2) is 13.6 Å². The molecule has 1 aromatic heterocycles. The molecule has 0 radical (unpaired) electrons. The predicted octanol–water partition coefficient (Wildman–Crippen LogP) is 4.11. The molecule has 290 valence electrons. The smallest absolute Gasteiger partial charge is 0.322 e. The van der Waals surface area contributed by atoms with Gasteiger partial charge in [0.25, 0.3) is 5.91 Å². The van der Waals surface area contributed by atoms with Gasteiger partial charge >= 0.3 is 18.0 Å². The van der Waals surface area contributed by atoms with Crippen LogP contribution in [0.1, 0.15) is 68.7 Å². The summed E-state index contributed by atoms with van der Waals surface area (Å²) < 4.78 is 48.3. The van der Waals surface area contributed by atoms with Gasteiger partial charge in [0.05, 0.1) is 42.4 Å². The van der Waals surface area contributed by atoms with Crippen molar-refractivity contribution in [1.29, 1.82) is 0 Å². The van der Waals surface area contributed by atoms with Crippen LogP contribution in [0.2, 0.25) is 0 Å². The lowest BCUT2D eigenvalue weighted by atomic mass is 9.70. The van der Waals surface area contributed by atoms with Crippen LogP contribution in [0.5, 0.6) is 11.8 Å². The van der Waals surface area contributed by atoms with Crippen molar-refractivity contribution in [2.75, 3.05) is 55.7 Å². The van der Waals surface area contributed by atoms with E-state index in [1.54, 1.807) is 6.07 Å². The number of benzene rings is 2. The lowest BCUT2D eigenvalue weighted by Crippen LogP contribution is -2.59. The molecule has 3 amide bonds. The minimum absolute atomic E-state index is 0.115. The van der Waals surface area contributed by atoms with E-state index >= 15 is 4.39 Å². The fourth-order valence-electron chi connectivity index (χ4n) is 10.5. The highest BCUT2D eigenvalue weighted by Gasteiger charge is 2.58. The number of piperidine rings is 1. The molecule has 3 atom stereocenters. The molecule has 2 aromatic carbocycles. The molecule has 1 spiro atoms. The molecular weight excluding hydrogens is 712 g/mol. The molecule has 15 heteroatoms. The number of carbonyl (C=O) groups is 3. The highest BCUT2D eigenvalue weighted by atomic mass is 19.1. The molecule has 6 saturated heterocycles. The van der Waals surface area contributed by atoms with Crippen molar-refractivity contribution in [2.24, 2.45) is 5.41 Å². The monoisotopic (exact) mass is 757 g/mol. The maximum absolute atomic E-state index is 15.5. The van der Waals surface area contributed by atoms with Crippen molar-refractivity contribution in [3.05, 3.63) is 46.9 Å². The molecule has 8 heterocycles. The average Bonchev–Trinajstić information content (AvgIpc) is 3.97. The van der Waals surface area contributed by atoms with Crippen molar-refractivity contribution >= 4 is 40.2 Å². The summed E-state index contributed by atoms with van der Waals surface area (Å²) in [6.45, 7) is 5.48. The van der Waals surface area contributed by atoms with Gasteiger partial charge in [-0.3, -0.25) is 19.8 Å². The fourth-order valence-corrected chi connectivity index (χ4v) is 10.5. The molecule has 8 aliphatic rings. The lowest BCUT2D eigenvalue weighted by molar-refractivity contribution is -0.148. The molecule has 2 N–H and O–H groups in total. The Kier molecular flexibility index (Phi) is 8.04. The van der Waals surface area contributed by atoms with E-state index in [1.807, 2.05) is 24.0 Å². The van der Waals surface area contributed by atoms with Gasteiger partial charge in [0.1, 0.15) is 35.7 Å². The standard InChI is InChI=1S/C40H45F2N7O6/c1-2-27-29(42)6-5-23-13-25(55-35(51)38-16-26(17-38)53-21-38)14-31(32(23)27)47-12-7-28-30(19-47)43-37(54-22-39-8-3-11-49(39)18-24(41)15-39)44-33(28)48-10-4-9-40(20-48)34(50)45-36(52)46-40/h5-6,13-14,24,26H,2-4,7-12,15-22H2,1H3,(H2,45,46,50,52)/t24-,26?,38?,39+,40-/m1/s1. The van der Waals surface area contributed by atoms with Gasteiger partial charge in [0.15, 0.2) is 0 Å². The largest absolute Gasteiger partial charge is 0.461 e. The molecular formula is C40H45F2N7O6. The van der Waals surface area contributed by atoms with Crippen LogP contribution in [-0.2, 0) is 33.7 Å². The SMILES string of the molecule is CCc1c(F)ccc2cc(OC(=O)C34COC(C3)C4)cc(N3CCc4c(nc(OC[C@@]56CCCN5C[C@H](F)C6)nc4N4CCC[C@]5(C4)NC(=O)NC5=O)C3)c12. The highest BCUT2D eigenvalue weighted by molar-refractivity contribution is 6.07. The number of esters is 1. The zero-order valence-electron chi connectivity index (χ0n) is 30.9. The first-order chi connectivity index (χ1) is 26.6. The summed E-state index contributed by atoms with van der Waals surface area (Å²) >= 11 is 0. The van der Waals surface area contributed by atoms with E-state index < -0.39 is 28.7 Å². The van der Waals surface area contributed by atoms with Crippen molar-refractivity contribution < 1.29 is 37.4 Å². The number of ether oxygens (including phenoxy) is 3. The van der Waals surface area contributed by atoms with Gasteiger partial charge in [-0.1, -0.05) is 13.0 Å². The number of nitrogens with one attached hydrogen (secondary N) is 2. The van der Waals surface area contributed by atoms with Crippen molar-refractivity contribution in [3.63, 3.8) is 0 Å². The first-order valence-electron chi connectivity index (χ1n) is 19.7. The van der Waals surface area contributed by atoms with Gasteiger partial charge < -0.3 is 29.3 Å². The molecule has 3 aromatic rings. The average molecular weight is 758 g/mol. The van der Waals surface area contributed by atoms with E-state index in [9.17, 15) is 18.8 Å². The number of rotatable bonds is 8. The van der Waals surface area contributed by atoms with Crippen molar-refractivity contribution in [1.82, 2.24) is 25.5 Å². The van der Waals surface area contributed by atoms with E-state index in [1.165, 1.54) is 6.07 Å². The van der Waals surface area contributed by atoms with Crippen molar-refractivity contribution in [2.45, 2.75) is 94.6 Å². The molecule has 7 fully saturated rings. The second kappa shape index (κ2) is 12.7. The van der Waals surface area contributed by atoms with E-state index in [4.69, 9.17) is 24.2 Å². The van der Waals surface area contributed by atoms with Crippen LogP contribution in [0.25, 0.3) is 10.8 Å². The maximum atomic E-state index is 15.5. The van der Waals surface area contributed by atoms with Crippen LogP contribution in [0.4, 0.5) is 25.1 Å². The molecule has 7 aliphatic heterocycles. The third-order valence-electron chi connectivity index (χ3n) is 13.4. The predicted molar refractivity (Wildman–Crippen MR) is 197 cm³/mol. The number of anilines is 2. The number of alkyl halides is 1. The summed E-state index contributed by atoms with van der Waals surface area (Å²) in [6, 6.07) is 6.50. The van der Waals surface area contributed by atoms with E-state index in [0.29, 0.717) is 101 Å². The Hall–Kier alpha value is -4.63. The summed E-state index contributed by atoms with van der Waals surface area (Å²) in [4.78, 5) is 55.1. The van der Waals surface area contributed by atoms with Crippen LogP contribution in [0, 0.1) is 11.2 Å². The molecule has 0 unspecified atom stereocenters. The first kappa shape index (κ1) is 34.8. The Morgan fingerprint density at radius 3 is 2.71 bits per heavy atom. The van der Waals surface area contributed by atoms with Gasteiger partial charge in [-0.05, 0) is 81.0 Å². The Bertz CT molecular complexity index is 2130. The number of hydrogen-bond donors (Lipinski definition) is 2. The fraction of sp³-hybridized carbons (Fsp3) is 0.575. The third kappa shape index (κ3) is 5.62. The first-order valence-corrected chi connectivity index (χ1v) is 19.7. The highest BCUT2D eigenvalue weighted by Crippen LogP contribution is 2.51. The number of amides is 3. The summed E-state index contributed by atoms with van der Waals surface area (Å²) in [6.07, 6.45) is 4.90. The molecule has 1 saturated carbocycles. The zero-order valence-corrected chi connectivity index (χ0v) is 30.9. The quantitative estimate of drug-likeness (QED) is 0.195. The number of carbonyl (C=O) groups excluding carboxylic acids is 3. The van der Waals surface area contributed by atoms with Crippen LogP contribution >= 0.6 is 0 Å². The number of imide groups is 1. The Morgan fingerprint density at radius 1 is 1.07 bits per heavy atom. The lowest BCUT2D eigenvalue weighted by Gasteiger charge is -2.40. The number of fused-ring (bicyclic) bond motifs is 4. The maximum Gasteiger partial charge on any atom is 0.322 e. The van der Waals surface area contributed by atoms with Gasteiger partial charge in [-0.15, -0.1) is 0 Å². The number of hydrogen-bond acceptors (Lipinski definition) is 11. The van der Waals surface area contributed by atoms with Crippen LogP contribution < -0.4 is 29.9 Å². The summed E-state index contributed by atoms with van der Waals surface area (Å²) in [5.41, 5.74) is 0.844. The normalized spacial score (nSPS) is 31.0. The van der Waals surface area contributed by atoms with Gasteiger partial charge in [0, 0.05) is 48.8 Å². The van der Waals surface area contributed by atoms with E-state index in [2.05, 4.69) is 20.4 Å². The van der Waals surface area contributed by atoms with Crippen LogP contribution in [-0.4, -0.2) is 102 Å². The molecule has 1 aliphatic carbocycles. The van der Waals surface area contributed by atoms with Crippen LogP contribution in [0.15, 0.2) is 24.3 Å². The van der Waals surface area contributed by atoms with Gasteiger partial charge in [0.2, 0.25) is 0 Å². The van der Waals surface area contributed by atoms with E-state index in [0.717, 1.165) is 41.4 Å². The Labute approximate surface area is 317 Å². The third-order valence-corrected chi connectivity index (χ3v) is 13.4. The summed E-state index contributed by atoms with van der Waals surface area (Å²) in [7, 11) is 0. The second-order valence-corrected chi connectivity index (χ2v) is 16.7. The minimum atomic E-state index is -1.07. The number of aromatic nitrogens is 2. The minimum Gasteiger partial charge on any atom is -0.461 e. The summed E-state index contributed by atoms with van der Waals surface area (Å²) in [5, 5.41) is 6.80. The van der Waals surface area contributed by atoms with E-state index in [-0.39, 0.29) is 43.0 Å². The van der Waals surface area contributed by atoms with Crippen molar-refractivity contribution in [3.8, 4) is 11.8 Å². The zero-order chi connectivity index (χ0) is 37.7. The number of nitrogens with zero attached hydrogens (tertiary/aromatic N) is 5. The Balaban J connectivity index is 1.02. The summed E-state index contributed by atoms with van der Waals surface area (Å²) in [5.74, 6) is 0.0843. The molecule has 11 rings (SSSR count). The molecule has 55 heavy (non-hydrogen) atoms. The van der Waals surface area contributed by atoms with Crippen LogP contribution in [0.3, 0.4) is 0 Å². The van der Waals surface area contributed by atoms with Gasteiger partial charge in [-0.2, -0.15) is 9.97 Å². The number of aryl methyl sites for hydroxylation is 1. The number of halogens is 2. The number of urea groups is 1.